The predicted octanol–water partition coefficient (Wildman–Crippen LogP) is 11.7. The summed E-state index contributed by atoms with van der Waals surface area (Å²) >= 11 is 0. The molecule has 1 N–H and O–H groups in total. The average molecular weight is 669 g/mol. The molecule has 4 aromatic carbocycles. The van der Waals surface area contributed by atoms with Crippen LogP contribution >= 0.6 is 0 Å². The number of pyridine rings is 1. The smallest absolute Gasteiger partial charge is 0.308 e. The van der Waals surface area contributed by atoms with Gasteiger partial charge >= 0.3 is 18.0 Å². The molecule has 1 unspecified atom stereocenters. The van der Waals surface area contributed by atoms with Crippen LogP contribution in [-0.4, -0.2) is 24.1 Å². The largest absolute Gasteiger partial charge is 0.460 e. The van der Waals surface area contributed by atoms with Crippen LogP contribution in [0.1, 0.15) is 79.1 Å². The molecule has 0 aliphatic heterocycles. The normalized spacial score (nSPS) is 13.1. The third-order valence-electron chi connectivity index (χ3n) is 8.40. The molecule has 0 amide bonds. The van der Waals surface area contributed by atoms with Crippen LogP contribution in [0.15, 0.2) is 103 Å². The van der Waals surface area contributed by atoms with Crippen molar-refractivity contribution in [1.29, 1.82) is 0 Å². The summed E-state index contributed by atoms with van der Waals surface area (Å²) in [6, 6.07) is 33.1. The Labute approximate surface area is 277 Å². The maximum atomic E-state index is 14.0. The second kappa shape index (κ2) is 14.5. The fourth-order valence-electron chi connectivity index (χ4n) is 5.84. The fraction of sp³-hybridized carbons (Fsp3) is 0.308. The molecule has 48 heavy (non-hydrogen) atoms. The molecule has 1 aromatic heterocycles. The van der Waals surface area contributed by atoms with Crippen LogP contribution in [0.2, 0.25) is 0 Å². The topological polar surface area (TPSA) is 24.9 Å². The van der Waals surface area contributed by atoms with Crippen molar-refractivity contribution < 1.29 is 30.7 Å². The second-order valence-corrected chi connectivity index (χ2v) is 12.3. The number of fused-ring (bicyclic) bond motifs is 1. The van der Waals surface area contributed by atoms with Gasteiger partial charge in [-0.05, 0) is 83.1 Å². The molecule has 0 aliphatic rings. The highest BCUT2D eigenvalue weighted by Crippen LogP contribution is 2.52. The Kier molecular flexibility index (Phi) is 11.0. The minimum atomic E-state index is -6.34. The fourth-order valence-corrected chi connectivity index (χ4v) is 5.84. The van der Waals surface area contributed by atoms with Crippen LogP contribution in [0.5, 0.6) is 0 Å². The van der Waals surface area contributed by atoms with Gasteiger partial charge in [-0.1, -0.05) is 107 Å². The number of alkyl halides is 7. The highest BCUT2D eigenvalue weighted by atomic mass is 19.4. The van der Waals surface area contributed by atoms with Crippen molar-refractivity contribution in [2.45, 2.75) is 70.5 Å². The second-order valence-electron chi connectivity index (χ2n) is 12.3. The highest BCUT2D eigenvalue weighted by molar-refractivity contribution is 5.95. The zero-order chi connectivity index (χ0) is 35.4. The van der Waals surface area contributed by atoms with Gasteiger partial charge in [-0.15, -0.1) is 0 Å². The SMILES string of the molecule is CNC(c1ccccc1)c1cccc(-c2cccc3ccccc23)n1.Cc1c(C(C)C)cc(C(F)(F)C(F)(F)C(F)(F)F)cc1C(C)C. The van der Waals surface area contributed by atoms with Crippen molar-refractivity contribution in [3.8, 4) is 11.3 Å². The number of hydrogen-bond acceptors (Lipinski definition) is 2. The molecule has 0 saturated carbocycles. The first kappa shape index (κ1) is 36.6. The van der Waals surface area contributed by atoms with Gasteiger partial charge in [0.25, 0.3) is 0 Å². The molecule has 0 bridgehead atoms. The van der Waals surface area contributed by atoms with E-state index >= 15 is 0 Å². The molecule has 0 fully saturated rings. The van der Waals surface area contributed by atoms with E-state index in [1.807, 2.05) is 13.1 Å². The monoisotopic (exact) mass is 668 g/mol. The molecule has 0 radical (unpaired) electrons. The molecule has 5 aromatic rings. The summed E-state index contributed by atoms with van der Waals surface area (Å²) in [7, 11) is 1.98. The van der Waals surface area contributed by atoms with Gasteiger partial charge in [0, 0.05) is 11.1 Å². The van der Waals surface area contributed by atoms with Crippen LogP contribution in [0.4, 0.5) is 30.7 Å². The first-order valence-corrected chi connectivity index (χ1v) is 15.7. The molecular weight excluding hydrogens is 629 g/mol. The zero-order valence-electron chi connectivity index (χ0n) is 27.6. The molecule has 0 aliphatic carbocycles. The van der Waals surface area contributed by atoms with E-state index in [-0.39, 0.29) is 17.9 Å². The lowest BCUT2D eigenvalue weighted by atomic mass is 9.85. The number of nitrogens with zero attached hydrogens (tertiary/aromatic N) is 1. The molecule has 1 heterocycles. The van der Waals surface area contributed by atoms with Crippen LogP contribution < -0.4 is 5.32 Å². The molecule has 254 valence electrons. The van der Waals surface area contributed by atoms with Gasteiger partial charge in [-0.25, -0.2) is 0 Å². The van der Waals surface area contributed by atoms with Crippen molar-refractivity contribution in [2.75, 3.05) is 7.05 Å². The van der Waals surface area contributed by atoms with Gasteiger partial charge in [-0.3, -0.25) is 4.98 Å². The molecule has 0 saturated heterocycles. The van der Waals surface area contributed by atoms with Gasteiger partial charge in [-0.2, -0.15) is 30.7 Å². The van der Waals surface area contributed by atoms with Crippen molar-refractivity contribution in [2.24, 2.45) is 0 Å². The molecule has 0 spiro atoms. The highest BCUT2D eigenvalue weighted by Gasteiger charge is 2.73. The van der Waals surface area contributed by atoms with E-state index in [1.54, 1.807) is 34.6 Å². The number of nitrogens with one attached hydrogen (secondary N) is 1. The van der Waals surface area contributed by atoms with Crippen LogP contribution in [-0.2, 0) is 5.92 Å². The Bertz CT molecular complexity index is 1800. The minimum absolute atomic E-state index is 0.0797. The molecule has 5 rings (SSSR count). The molecular formula is C39H39F7N2. The van der Waals surface area contributed by atoms with Gasteiger partial charge in [0.15, 0.2) is 0 Å². The molecule has 1 atom stereocenters. The quantitative estimate of drug-likeness (QED) is 0.167. The minimum Gasteiger partial charge on any atom is -0.308 e. The summed E-state index contributed by atoms with van der Waals surface area (Å²) in [6.07, 6.45) is -6.34. The third kappa shape index (κ3) is 7.41. The van der Waals surface area contributed by atoms with Crippen molar-refractivity contribution >= 4 is 10.8 Å². The van der Waals surface area contributed by atoms with Gasteiger partial charge in [0.2, 0.25) is 0 Å². The first-order valence-electron chi connectivity index (χ1n) is 15.7. The van der Waals surface area contributed by atoms with E-state index in [0.29, 0.717) is 16.7 Å². The van der Waals surface area contributed by atoms with Crippen molar-refractivity contribution in [3.05, 3.63) is 137 Å². The Hall–Kier alpha value is -4.24. The summed E-state index contributed by atoms with van der Waals surface area (Å²) in [4.78, 5) is 4.98. The van der Waals surface area contributed by atoms with E-state index < -0.39 is 23.6 Å². The van der Waals surface area contributed by atoms with Crippen molar-refractivity contribution in [1.82, 2.24) is 10.3 Å². The lowest BCUT2D eigenvalue weighted by Gasteiger charge is -2.30. The maximum absolute atomic E-state index is 14.0. The van der Waals surface area contributed by atoms with Gasteiger partial charge in [0.1, 0.15) is 0 Å². The molecule has 9 heteroatoms. The number of aromatic nitrogens is 1. The molecule has 2 nitrogen and oxygen atoms in total. The van der Waals surface area contributed by atoms with E-state index in [9.17, 15) is 30.7 Å². The van der Waals surface area contributed by atoms with E-state index in [1.165, 1.54) is 21.9 Å². The van der Waals surface area contributed by atoms with Gasteiger partial charge < -0.3 is 5.32 Å². The first-order chi connectivity index (χ1) is 22.5. The Morgan fingerprint density at radius 3 is 1.75 bits per heavy atom. The standard InChI is InChI=1S/C23H20N2.C16H19F7/c1-24-23(18-10-3-2-4-11-18)22-16-8-15-21(25-22)20-14-7-12-17-9-5-6-13-19(17)20;1-8(2)12-6-11(7-13(9(3)4)10(12)5)14(17,18)15(19,20)16(21,22)23/h2-16,23-24H,1H3;6-9H,1-5H3. The number of halogens is 7. The lowest BCUT2D eigenvalue weighted by molar-refractivity contribution is -0.359. The Balaban J connectivity index is 0.000000218. The summed E-state index contributed by atoms with van der Waals surface area (Å²) in [5.41, 5.74) is 4.41. The van der Waals surface area contributed by atoms with Crippen LogP contribution in [0.25, 0.3) is 22.0 Å². The number of rotatable bonds is 8. The third-order valence-corrected chi connectivity index (χ3v) is 8.40. The maximum Gasteiger partial charge on any atom is 0.460 e. The zero-order valence-corrected chi connectivity index (χ0v) is 27.6. The summed E-state index contributed by atoms with van der Waals surface area (Å²) in [5.74, 6) is -12.1. The number of hydrogen-bond donors (Lipinski definition) is 1. The van der Waals surface area contributed by atoms with Crippen molar-refractivity contribution in [3.63, 3.8) is 0 Å². The van der Waals surface area contributed by atoms with Crippen LogP contribution in [0.3, 0.4) is 0 Å². The Morgan fingerprint density at radius 1 is 0.646 bits per heavy atom. The predicted molar refractivity (Wildman–Crippen MR) is 179 cm³/mol. The number of benzene rings is 4. The Morgan fingerprint density at radius 2 is 1.19 bits per heavy atom. The summed E-state index contributed by atoms with van der Waals surface area (Å²) in [5, 5.41) is 5.86. The van der Waals surface area contributed by atoms with Crippen LogP contribution in [0, 0.1) is 6.92 Å². The lowest BCUT2D eigenvalue weighted by Crippen LogP contribution is -2.50. The average Bonchev–Trinajstić information content (AvgIpc) is 3.05. The van der Waals surface area contributed by atoms with Gasteiger partial charge in [0.05, 0.1) is 17.4 Å². The van der Waals surface area contributed by atoms with E-state index in [0.717, 1.165) is 23.5 Å². The summed E-state index contributed by atoms with van der Waals surface area (Å²) in [6.45, 7) is 8.30. The van der Waals surface area contributed by atoms with E-state index in [2.05, 4.69) is 90.2 Å². The van der Waals surface area contributed by atoms with E-state index in [4.69, 9.17) is 4.98 Å². The summed E-state index contributed by atoms with van der Waals surface area (Å²) < 4.78 is 91.7.